The summed E-state index contributed by atoms with van der Waals surface area (Å²) < 4.78 is 0. The first-order valence-electron chi connectivity index (χ1n) is 9.34. The summed E-state index contributed by atoms with van der Waals surface area (Å²) in [5.74, 6) is 6.25. The molecule has 3 rings (SSSR count). The van der Waals surface area contributed by atoms with Gasteiger partial charge >= 0.3 is 0 Å². The van der Waals surface area contributed by atoms with Crippen LogP contribution in [0.5, 0.6) is 0 Å². The van der Waals surface area contributed by atoms with Crippen molar-refractivity contribution in [3.05, 3.63) is 84.7 Å². The molecule has 0 saturated carbocycles. The summed E-state index contributed by atoms with van der Waals surface area (Å²) in [5, 5.41) is 5.14. The van der Waals surface area contributed by atoms with Crippen LogP contribution in [0.15, 0.2) is 79.1 Å². The molecule has 1 saturated heterocycles. The van der Waals surface area contributed by atoms with Gasteiger partial charge in [0.2, 0.25) is 0 Å². The van der Waals surface area contributed by atoms with Gasteiger partial charge in [-0.25, -0.2) is 5.84 Å². The first kappa shape index (κ1) is 18.9. The standard InChI is InChI=1S/C22H29N5/c1-17(16-27(24)22-12-7-6-11-20(22)23)26-14-8-13-21(26)18(2)25-15-19-9-4-3-5-10-19/h3-7,9-12,21,25H,1-2,8,13-16,23-24H2. The molecule has 5 nitrogen and oxygen atoms in total. The minimum Gasteiger partial charge on any atom is -0.397 e. The van der Waals surface area contributed by atoms with Gasteiger partial charge in [-0.3, -0.25) is 0 Å². The fourth-order valence-electron chi connectivity index (χ4n) is 3.56. The van der Waals surface area contributed by atoms with Crippen molar-refractivity contribution in [3.8, 4) is 0 Å². The van der Waals surface area contributed by atoms with Gasteiger partial charge in [-0.1, -0.05) is 55.6 Å². The van der Waals surface area contributed by atoms with Crippen molar-refractivity contribution in [2.75, 3.05) is 23.8 Å². The van der Waals surface area contributed by atoms with E-state index in [4.69, 9.17) is 11.6 Å². The molecule has 1 aliphatic heterocycles. The fraction of sp³-hybridized carbons (Fsp3) is 0.273. The summed E-state index contributed by atoms with van der Waals surface area (Å²) in [6, 6.07) is 18.2. The predicted molar refractivity (Wildman–Crippen MR) is 114 cm³/mol. The highest BCUT2D eigenvalue weighted by molar-refractivity contribution is 5.66. The molecule has 142 valence electrons. The zero-order chi connectivity index (χ0) is 19.2. The van der Waals surface area contributed by atoms with Crippen LogP contribution in [-0.2, 0) is 6.54 Å². The topological polar surface area (TPSA) is 70.5 Å². The number of likely N-dealkylation sites (tertiary alicyclic amines) is 1. The summed E-state index contributed by atoms with van der Waals surface area (Å²) in [7, 11) is 0. The zero-order valence-corrected chi connectivity index (χ0v) is 15.8. The lowest BCUT2D eigenvalue weighted by atomic mass is 10.1. The van der Waals surface area contributed by atoms with Crippen molar-refractivity contribution in [1.29, 1.82) is 0 Å². The molecule has 1 heterocycles. The molecule has 0 spiro atoms. The van der Waals surface area contributed by atoms with E-state index in [0.29, 0.717) is 12.2 Å². The van der Waals surface area contributed by atoms with Crippen molar-refractivity contribution in [3.63, 3.8) is 0 Å². The van der Waals surface area contributed by atoms with E-state index in [0.717, 1.165) is 43.0 Å². The predicted octanol–water partition coefficient (Wildman–Crippen LogP) is 3.23. The van der Waals surface area contributed by atoms with E-state index < -0.39 is 0 Å². The Morgan fingerprint density at radius 2 is 1.81 bits per heavy atom. The van der Waals surface area contributed by atoms with Gasteiger partial charge in [0.1, 0.15) is 0 Å². The Balaban J connectivity index is 1.59. The van der Waals surface area contributed by atoms with Gasteiger partial charge in [0.15, 0.2) is 0 Å². The molecule has 0 amide bonds. The maximum atomic E-state index is 6.25. The Labute approximate surface area is 161 Å². The van der Waals surface area contributed by atoms with E-state index >= 15 is 0 Å². The summed E-state index contributed by atoms with van der Waals surface area (Å²) >= 11 is 0. The number of nitrogens with one attached hydrogen (secondary N) is 1. The maximum Gasteiger partial charge on any atom is 0.0751 e. The highest BCUT2D eigenvalue weighted by Gasteiger charge is 2.28. The molecule has 5 N–H and O–H groups in total. The lowest BCUT2D eigenvalue weighted by molar-refractivity contribution is 0.338. The molecule has 2 aromatic rings. The second-order valence-corrected chi connectivity index (χ2v) is 6.97. The van der Waals surface area contributed by atoms with Gasteiger partial charge in [-0.05, 0) is 30.5 Å². The summed E-state index contributed by atoms with van der Waals surface area (Å²) in [4.78, 5) is 2.30. The smallest absolute Gasteiger partial charge is 0.0751 e. The normalized spacial score (nSPS) is 16.2. The number of nitrogens with zero attached hydrogens (tertiary/aromatic N) is 2. The van der Waals surface area contributed by atoms with Crippen molar-refractivity contribution >= 4 is 11.4 Å². The van der Waals surface area contributed by atoms with Crippen LogP contribution in [0.1, 0.15) is 18.4 Å². The minimum absolute atomic E-state index is 0.239. The second kappa shape index (κ2) is 8.64. The average Bonchev–Trinajstić information content (AvgIpc) is 3.17. The van der Waals surface area contributed by atoms with E-state index in [2.05, 4.69) is 47.6 Å². The van der Waals surface area contributed by atoms with Crippen LogP contribution in [0.25, 0.3) is 0 Å². The zero-order valence-electron chi connectivity index (χ0n) is 15.8. The third-order valence-corrected chi connectivity index (χ3v) is 5.02. The van der Waals surface area contributed by atoms with Crippen LogP contribution in [0.3, 0.4) is 0 Å². The quantitative estimate of drug-likeness (QED) is 0.382. The Morgan fingerprint density at radius 3 is 2.56 bits per heavy atom. The van der Waals surface area contributed by atoms with E-state index in [1.807, 2.05) is 30.3 Å². The largest absolute Gasteiger partial charge is 0.397 e. The number of hydrazine groups is 1. The molecule has 0 bridgehead atoms. The molecule has 0 radical (unpaired) electrons. The SMILES string of the molecule is C=C(NCc1ccccc1)C1CCCN1C(=C)CN(N)c1ccccc1N. The third-order valence-electron chi connectivity index (χ3n) is 5.02. The van der Waals surface area contributed by atoms with E-state index in [1.165, 1.54) is 5.56 Å². The number of nitrogens with two attached hydrogens (primary N) is 2. The molecule has 0 aliphatic carbocycles. The number of anilines is 2. The minimum atomic E-state index is 0.239. The molecule has 1 atom stereocenters. The molecule has 1 fully saturated rings. The Morgan fingerprint density at radius 1 is 1.11 bits per heavy atom. The third kappa shape index (κ3) is 4.63. The Kier molecular flexibility index (Phi) is 6.04. The van der Waals surface area contributed by atoms with Crippen molar-refractivity contribution in [2.24, 2.45) is 5.84 Å². The number of para-hydroxylation sites is 2. The summed E-state index contributed by atoms with van der Waals surface area (Å²) in [6.07, 6.45) is 2.19. The maximum absolute atomic E-state index is 6.25. The van der Waals surface area contributed by atoms with Crippen LogP contribution in [0.2, 0.25) is 0 Å². The van der Waals surface area contributed by atoms with Crippen LogP contribution in [0.4, 0.5) is 11.4 Å². The molecule has 1 unspecified atom stereocenters. The number of rotatable bonds is 8. The van der Waals surface area contributed by atoms with Gasteiger partial charge < -0.3 is 21.0 Å². The van der Waals surface area contributed by atoms with Gasteiger partial charge in [0.05, 0.1) is 24.0 Å². The molecule has 0 aromatic heterocycles. The molecular weight excluding hydrogens is 334 g/mol. The lowest BCUT2D eigenvalue weighted by Gasteiger charge is -2.33. The van der Waals surface area contributed by atoms with Crippen LogP contribution in [0, 0.1) is 0 Å². The average molecular weight is 364 g/mol. The van der Waals surface area contributed by atoms with E-state index in [1.54, 1.807) is 5.01 Å². The second-order valence-electron chi connectivity index (χ2n) is 6.97. The fourth-order valence-corrected chi connectivity index (χ4v) is 3.56. The van der Waals surface area contributed by atoms with Gasteiger partial charge in [-0.2, -0.15) is 0 Å². The van der Waals surface area contributed by atoms with Gasteiger partial charge in [-0.15, -0.1) is 0 Å². The summed E-state index contributed by atoms with van der Waals surface area (Å²) in [5.41, 5.74) is 10.8. The van der Waals surface area contributed by atoms with Crippen molar-refractivity contribution in [2.45, 2.75) is 25.4 Å². The number of hydrogen-bond acceptors (Lipinski definition) is 5. The number of benzene rings is 2. The molecule has 2 aromatic carbocycles. The highest BCUT2D eigenvalue weighted by atomic mass is 15.4. The van der Waals surface area contributed by atoms with Gasteiger partial charge in [0.25, 0.3) is 0 Å². The number of nitrogen functional groups attached to an aromatic ring is 1. The molecule has 27 heavy (non-hydrogen) atoms. The van der Waals surface area contributed by atoms with Gasteiger partial charge in [0, 0.05) is 24.5 Å². The Bertz CT molecular complexity index is 786. The Hall–Kier alpha value is -2.92. The number of hydrogen-bond donors (Lipinski definition) is 3. The van der Waals surface area contributed by atoms with Crippen molar-refractivity contribution in [1.82, 2.24) is 10.2 Å². The first-order valence-corrected chi connectivity index (χ1v) is 9.34. The van der Waals surface area contributed by atoms with Crippen LogP contribution in [-0.4, -0.2) is 24.0 Å². The summed E-state index contributed by atoms with van der Waals surface area (Å²) in [6.45, 7) is 10.8. The van der Waals surface area contributed by atoms with Crippen molar-refractivity contribution < 1.29 is 0 Å². The lowest BCUT2D eigenvalue weighted by Crippen LogP contribution is -2.41. The highest BCUT2D eigenvalue weighted by Crippen LogP contribution is 2.27. The first-order chi connectivity index (χ1) is 13.1. The van der Waals surface area contributed by atoms with Crippen LogP contribution < -0.4 is 21.9 Å². The monoisotopic (exact) mass is 363 g/mol. The molecular formula is C22H29N5. The van der Waals surface area contributed by atoms with E-state index in [9.17, 15) is 0 Å². The van der Waals surface area contributed by atoms with Crippen LogP contribution >= 0.6 is 0 Å². The molecule has 5 heteroatoms. The van der Waals surface area contributed by atoms with E-state index in [-0.39, 0.29) is 6.04 Å². The molecule has 1 aliphatic rings.